The van der Waals surface area contributed by atoms with Crippen LogP contribution in [0.1, 0.15) is 66.0 Å². The van der Waals surface area contributed by atoms with E-state index in [9.17, 15) is 14.7 Å². The van der Waals surface area contributed by atoms with Crippen LogP contribution in [-0.4, -0.2) is 94.9 Å². The van der Waals surface area contributed by atoms with Gasteiger partial charge < -0.3 is 19.6 Å². The second-order valence-electron chi connectivity index (χ2n) is 21.1. The lowest BCUT2D eigenvalue weighted by molar-refractivity contribution is -0.148. The predicted molar refractivity (Wildman–Crippen MR) is 316 cm³/mol. The van der Waals surface area contributed by atoms with E-state index in [1.165, 1.54) is 5.56 Å². The number of hydrogen-bond acceptors (Lipinski definition) is 11. The number of fused-ring (bicyclic) bond motifs is 2. The van der Waals surface area contributed by atoms with Gasteiger partial charge in [0.05, 0.1) is 48.6 Å². The molecule has 406 valence electrons. The molecular formula is C66H63N11O4. The Balaban J connectivity index is 0.000000184. The standard InChI is InChI=1S/C43H40N6O2.C23H23N5O2/c1-3-51-42(50)31-22-25-48(26-23-31)40-28-33(21-24-44-40)41-38-27-32(34-29-45-47(2)30-34)19-20-39(38)49(46-41)43(35-13-7-4-8-14-35,36-15-9-5-10-16-36)37-17-11-6-12-18-37;1-27-14-19(13-26-27)16-2-3-18-12-25-22(20(18)10-16)17-4-7-24-21(11-17)28-8-5-15(6-9-28)23(29)30/h4-21,24,27-31H,3,22-23,25-26H2,1-2H3;2-4,7,10-11,13-15H,5-6,8-9,12H2,1H3,(H,29,30). The van der Waals surface area contributed by atoms with E-state index in [1.54, 1.807) is 4.68 Å². The maximum absolute atomic E-state index is 12.5. The molecule has 5 aromatic carbocycles. The van der Waals surface area contributed by atoms with Crippen molar-refractivity contribution >= 4 is 40.2 Å². The number of aliphatic imine (C=N–C) groups is 1. The number of piperidine rings is 2. The molecule has 15 heteroatoms. The van der Waals surface area contributed by atoms with E-state index in [1.807, 2.05) is 75.0 Å². The summed E-state index contributed by atoms with van der Waals surface area (Å²) in [6.07, 6.45) is 14.3. The molecule has 0 radical (unpaired) electrons. The van der Waals surface area contributed by atoms with Crippen molar-refractivity contribution in [2.75, 3.05) is 42.6 Å². The molecule has 1 N–H and O–H groups in total. The van der Waals surface area contributed by atoms with Gasteiger partial charge in [-0.25, -0.2) is 14.6 Å². The first-order valence-electron chi connectivity index (χ1n) is 27.8. The first-order valence-corrected chi connectivity index (χ1v) is 27.8. The molecule has 0 atom stereocenters. The highest BCUT2D eigenvalue weighted by atomic mass is 16.5. The second-order valence-corrected chi connectivity index (χ2v) is 21.1. The number of aliphatic carboxylic acids is 1. The van der Waals surface area contributed by atoms with E-state index in [0.717, 1.165) is 116 Å². The Morgan fingerprint density at radius 3 is 1.64 bits per heavy atom. The van der Waals surface area contributed by atoms with Crippen LogP contribution in [0.5, 0.6) is 0 Å². The fourth-order valence-electron chi connectivity index (χ4n) is 11.9. The lowest BCUT2D eigenvalue weighted by atomic mass is 9.77. The number of pyridine rings is 2. The van der Waals surface area contributed by atoms with Gasteiger partial charge in [0.1, 0.15) is 22.9 Å². The van der Waals surface area contributed by atoms with Crippen molar-refractivity contribution in [3.05, 3.63) is 222 Å². The summed E-state index contributed by atoms with van der Waals surface area (Å²) < 4.78 is 11.2. The molecule has 10 aromatic rings. The van der Waals surface area contributed by atoms with Gasteiger partial charge in [0.25, 0.3) is 0 Å². The maximum atomic E-state index is 12.5. The fourth-order valence-corrected chi connectivity index (χ4v) is 11.9. The lowest BCUT2D eigenvalue weighted by Crippen LogP contribution is -2.38. The first kappa shape index (κ1) is 52.2. The number of benzene rings is 5. The number of carbonyl (C=O) groups excluding carboxylic acids is 1. The zero-order valence-corrected chi connectivity index (χ0v) is 45.7. The Hall–Kier alpha value is -9.50. The summed E-state index contributed by atoms with van der Waals surface area (Å²) in [5.41, 5.74) is 14.1. The van der Waals surface area contributed by atoms with Gasteiger partial charge in [-0.2, -0.15) is 15.3 Å². The third kappa shape index (κ3) is 10.4. The molecule has 0 unspecified atom stereocenters. The molecule has 3 aliphatic heterocycles. The number of aromatic nitrogens is 8. The Labute approximate surface area is 470 Å². The Bertz CT molecular complexity index is 3800. The Kier molecular flexibility index (Phi) is 14.6. The molecule has 0 spiro atoms. The molecule has 8 heterocycles. The molecule has 0 saturated carbocycles. The minimum atomic E-state index is -0.791. The molecule has 0 amide bonds. The van der Waals surface area contributed by atoms with E-state index >= 15 is 0 Å². The van der Waals surface area contributed by atoms with Crippen LogP contribution in [0.4, 0.5) is 11.6 Å². The van der Waals surface area contributed by atoms with Crippen LogP contribution in [0.25, 0.3) is 44.4 Å². The van der Waals surface area contributed by atoms with Crippen molar-refractivity contribution < 1.29 is 19.4 Å². The van der Waals surface area contributed by atoms with Crippen LogP contribution in [-0.2, 0) is 40.5 Å². The Morgan fingerprint density at radius 2 is 1.11 bits per heavy atom. The van der Waals surface area contributed by atoms with Gasteiger partial charge in [-0.15, -0.1) is 0 Å². The van der Waals surface area contributed by atoms with Crippen molar-refractivity contribution in [3.63, 3.8) is 0 Å². The summed E-state index contributed by atoms with van der Waals surface area (Å²) in [4.78, 5) is 42.3. The first-order chi connectivity index (χ1) is 39.6. The van der Waals surface area contributed by atoms with Gasteiger partial charge >= 0.3 is 11.9 Å². The van der Waals surface area contributed by atoms with Gasteiger partial charge in [0, 0.05) is 98.3 Å². The van der Waals surface area contributed by atoms with Crippen LogP contribution >= 0.6 is 0 Å². The number of carboxylic acid groups (broad SMARTS) is 1. The molecule has 0 bridgehead atoms. The van der Waals surface area contributed by atoms with Gasteiger partial charge in [0.2, 0.25) is 0 Å². The summed E-state index contributed by atoms with van der Waals surface area (Å²) in [6.45, 7) is 5.84. The van der Waals surface area contributed by atoms with Gasteiger partial charge in [-0.3, -0.25) is 23.9 Å². The third-order valence-corrected chi connectivity index (χ3v) is 16.1. The van der Waals surface area contributed by atoms with E-state index in [-0.39, 0.29) is 17.8 Å². The normalized spacial score (nSPS) is 14.8. The molecule has 15 nitrogen and oxygen atoms in total. The van der Waals surface area contributed by atoms with Gasteiger partial charge in [-0.1, -0.05) is 109 Å². The average Bonchev–Trinajstić information content (AvgIpc) is 4.55. The number of hydrogen-bond donors (Lipinski definition) is 1. The molecule has 2 saturated heterocycles. The molecule has 2 fully saturated rings. The largest absolute Gasteiger partial charge is 0.481 e. The highest BCUT2D eigenvalue weighted by molar-refractivity contribution is 6.16. The average molecular weight is 1070 g/mol. The van der Waals surface area contributed by atoms with E-state index in [0.29, 0.717) is 39.1 Å². The van der Waals surface area contributed by atoms with Crippen LogP contribution < -0.4 is 9.80 Å². The SMILES string of the molecule is CCOC(=O)C1CCN(c2cc(-c3nn(C(c4ccccc4)(c4ccccc4)c4ccccc4)c4ccc(-c5cnn(C)c5)cc34)ccn2)CC1.Cn1cc(-c2ccc3c(c2)C(c2ccnc(N4CCC(C(=O)O)CC4)c2)=NC3)cn1. The maximum Gasteiger partial charge on any atom is 0.309 e. The summed E-state index contributed by atoms with van der Waals surface area (Å²) in [5.74, 6) is 0.646. The van der Waals surface area contributed by atoms with Gasteiger partial charge in [-0.05, 0) is 108 Å². The van der Waals surface area contributed by atoms with Crippen molar-refractivity contribution in [1.29, 1.82) is 0 Å². The number of carbonyl (C=O) groups is 2. The quantitative estimate of drug-likeness (QED) is 0.0864. The van der Waals surface area contributed by atoms with E-state index in [2.05, 4.69) is 169 Å². The van der Waals surface area contributed by atoms with E-state index in [4.69, 9.17) is 19.8 Å². The summed E-state index contributed by atoms with van der Waals surface area (Å²) in [7, 11) is 3.86. The van der Waals surface area contributed by atoms with Crippen molar-refractivity contribution in [2.45, 2.75) is 44.7 Å². The topological polar surface area (TPSA) is 162 Å². The minimum absolute atomic E-state index is 0.0722. The van der Waals surface area contributed by atoms with Crippen LogP contribution in [0.2, 0.25) is 0 Å². The molecule has 3 aliphatic rings. The molecular weight excluding hydrogens is 1010 g/mol. The summed E-state index contributed by atoms with van der Waals surface area (Å²) >= 11 is 0. The summed E-state index contributed by atoms with van der Waals surface area (Å²) in [5, 5.41) is 24.6. The van der Waals surface area contributed by atoms with Crippen LogP contribution in [0, 0.1) is 11.8 Å². The number of nitrogens with zero attached hydrogens (tertiary/aromatic N) is 11. The summed E-state index contributed by atoms with van der Waals surface area (Å²) in [6, 6.07) is 53.3. The van der Waals surface area contributed by atoms with E-state index < -0.39 is 11.5 Å². The zero-order chi connectivity index (χ0) is 55.5. The van der Waals surface area contributed by atoms with Crippen molar-refractivity contribution in [3.8, 4) is 33.5 Å². The second kappa shape index (κ2) is 22.7. The van der Waals surface area contributed by atoms with Crippen molar-refractivity contribution in [1.82, 2.24) is 39.3 Å². The third-order valence-electron chi connectivity index (χ3n) is 16.1. The van der Waals surface area contributed by atoms with Crippen molar-refractivity contribution in [2.24, 2.45) is 30.9 Å². The molecule has 81 heavy (non-hydrogen) atoms. The van der Waals surface area contributed by atoms with Crippen LogP contribution in [0.3, 0.4) is 0 Å². The number of aryl methyl sites for hydroxylation is 2. The number of ether oxygens (including phenoxy) is 1. The number of anilines is 2. The monoisotopic (exact) mass is 1070 g/mol. The molecule has 13 rings (SSSR count). The predicted octanol–water partition coefficient (Wildman–Crippen LogP) is 11.3. The minimum Gasteiger partial charge on any atom is -0.481 e. The number of esters is 1. The highest BCUT2D eigenvalue weighted by Gasteiger charge is 2.41. The molecule has 0 aliphatic carbocycles. The smallest absolute Gasteiger partial charge is 0.309 e. The number of carboxylic acids is 1. The number of rotatable bonds is 13. The fraction of sp³-hybridized carbons (Fsp3) is 0.242. The van der Waals surface area contributed by atoms with Gasteiger partial charge in [0.15, 0.2) is 0 Å². The lowest BCUT2D eigenvalue weighted by Gasteiger charge is -2.37. The molecule has 5 aromatic heterocycles. The highest BCUT2D eigenvalue weighted by Crippen LogP contribution is 2.45. The van der Waals surface area contributed by atoms with Crippen LogP contribution in [0.15, 0.2) is 194 Å². The Morgan fingerprint density at radius 1 is 0.593 bits per heavy atom. The zero-order valence-electron chi connectivity index (χ0n) is 45.7.